The van der Waals surface area contributed by atoms with E-state index in [2.05, 4.69) is 42.7 Å². The van der Waals surface area contributed by atoms with Crippen molar-refractivity contribution in [3.05, 3.63) is 17.5 Å². The molecule has 0 bridgehead atoms. The second kappa shape index (κ2) is 6.66. The SMILES string of the molecule is Cc1nn(C)cc1CNCCCNC(C)C. The van der Waals surface area contributed by atoms with E-state index < -0.39 is 0 Å². The van der Waals surface area contributed by atoms with E-state index in [1.807, 2.05) is 11.7 Å². The maximum absolute atomic E-state index is 4.31. The maximum Gasteiger partial charge on any atom is 0.0638 e. The lowest BCUT2D eigenvalue weighted by Crippen LogP contribution is -2.26. The van der Waals surface area contributed by atoms with Crippen molar-refractivity contribution in [2.75, 3.05) is 13.1 Å². The van der Waals surface area contributed by atoms with Gasteiger partial charge in [-0.2, -0.15) is 5.10 Å². The minimum Gasteiger partial charge on any atom is -0.314 e. The Balaban J connectivity index is 2.09. The summed E-state index contributed by atoms with van der Waals surface area (Å²) in [7, 11) is 1.96. The van der Waals surface area contributed by atoms with Gasteiger partial charge in [0.2, 0.25) is 0 Å². The average Bonchev–Trinajstić information content (AvgIpc) is 2.50. The van der Waals surface area contributed by atoms with Crippen LogP contribution < -0.4 is 10.6 Å². The second-order valence-electron chi connectivity index (χ2n) is 4.55. The molecule has 0 aliphatic heterocycles. The first-order valence-corrected chi connectivity index (χ1v) is 6.03. The molecule has 1 rings (SSSR count). The average molecular weight is 224 g/mol. The third kappa shape index (κ3) is 4.77. The predicted molar refractivity (Wildman–Crippen MR) is 67.4 cm³/mol. The zero-order valence-electron chi connectivity index (χ0n) is 10.9. The quantitative estimate of drug-likeness (QED) is 0.684. The van der Waals surface area contributed by atoms with Gasteiger partial charge in [0.25, 0.3) is 0 Å². The number of hydrogen-bond acceptors (Lipinski definition) is 3. The molecule has 2 N–H and O–H groups in total. The van der Waals surface area contributed by atoms with Gasteiger partial charge in [-0.3, -0.25) is 4.68 Å². The molecule has 16 heavy (non-hydrogen) atoms. The molecule has 0 aromatic carbocycles. The Labute approximate surface area is 98.4 Å². The molecule has 0 radical (unpaired) electrons. The molecule has 0 fully saturated rings. The number of hydrogen-bond donors (Lipinski definition) is 2. The van der Waals surface area contributed by atoms with Gasteiger partial charge in [-0.15, -0.1) is 0 Å². The highest BCUT2D eigenvalue weighted by Crippen LogP contribution is 2.03. The van der Waals surface area contributed by atoms with Gasteiger partial charge in [0, 0.05) is 31.4 Å². The summed E-state index contributed by atoms with van der Waals surface area (Å²) in [5, 5.41) is 11.2. The summed E-state index contributed by atoms with van der Waals surface area (Å²) in [5.41, 5.74) is 2.41. The largest absolute Gasteiger partial charge is 0.314 e. The first kappa shape index (κ1) is 13.2. The molecule has 92 valence electrons. The van der Waals surface area contributed by atoms with Gasteiger partial charge in [0.05, 0.1) is 5.69 Å². The van der Waals surface area contributed by atoms with Gasteiger partial charge in [0.15, 0.2) is 0 Å². The lowest BCUT2D eigenvalue weighted by molar-refractivity contribution is 0.547. The van der Waals surface area contributed by atoms with Gasteiger partial charge in [-0.05, 0) is 26.4 Å². The third-order valence-corrected chi connectivity index (χ3v) is 2.51. The molecule has 1 heterocycles. The molecule has 0 saturated heterocycles. The number of nitrogens with zero attached hydrogens (tertiary/aromatic N) is 2. The van der Waals surface area contributed by atoms with E-state index >= 15 is 0 Å². The molecule has 4 nitrogen and oxygen atoms in total. The summed E-state index contributed by atoms with van der Waals surface area (Å²) in [6.07, 6.45) is 3.24. The summed E-state index contributed by atoms with van der Waals surface area (Å²) < 4.78 is 1.87. The van der Waals surface area contributed by atoms with Gasteiger partial charge >= 0.3 is 0 Å². The number of aryl methyl sites for hydroxylation is 2. The molecule has 0 aliphatic rings. The van der Waals surface area contributed by atoms with E-state index in [0.29, 0.717) is 6.04 Å². The van der Waals surface area contributed by atoms with E-state index in [-0.39, 0.29) is 0 Å². The highest BCUT2D eigenvalue weighted by Gasteiger charge is 2.01. The van der Waals surface area contributed by atoms with Gasteiger partial charge in [0.1, 0.15) is 0 Å². The van der Waals surface area contributed by atoms with E-state index in [1.54, 1.807) is 0 Å². The van der Waals surface area contributed by atoms with Crippen LogP contribution in [0.4, 0.5) is 0 Å². The topological polar surface area (TPSA) is 41.9 Å². The van der Waals surface area contributed by atoms with Gasteiger partial charge in [-0.1, -0.05) is 13.8 Å². The fourth-order valence-electron chi connectivity index (χ4n) is 1.65. The molecule has 0 spiro atoms. The van der Waals surface area contributed by atoms with Crippen molar-refractivity contribution in [2.45, 2.75) is 39.8 Å². The lowest BCUT2D eigenvalue weighted by Gasteiger charge is -2.08. The smallest absolute Gasteiger partial charge is 0.0638 e. The zero-order valence-corrected chi connectivity index (χ0v) is 10.9. The fraction of sp³-hybridized carbons (Fsp3) is 0.750. The summed E-state index contributed by atoms with van der Waals surface area (Å²) in [6, 6.07) is 0.584. The van der Waals surface area contributed by atoms with Crippen LogP contribution in [0, 0.1) is 6.92 Å². The van der Waals surface area contributed by atoms with Gasteiger partial charge < -0.3 is 10.6 Å². The summed E-state index contributed by atoms with van der Waals surface area (Å²) >= 11 is 0. The minimum atomic E-state index is 0.584. The maximum atomic E-state index is 4.31. The fourth-order valence-corrected chi connectivity index (χ4v) is 1.65. The monoisotopic (exact) mass is 224 g/mol. The molecule has 4 heteroatoms. The van der Waals surface area contributed by atoms with E-state index in [0.717, 1.165) is 31.7 Å². The second-order valence-corrected chi connectivity index (χ2v) is 4.55. The number of nitrogens with one attached hydrogen (secondary N) is 2. The van der Waals surface area contributed by atoms with Gasteiger partial charge in [-0.25, -0.2) is 0 Å². The van der Waals surface area contributed by atoms with Crippen molar-refractivity contribution in [3.8, 4) is 0 Å². The van der Waals surface area contributed by atoms with Crippen LogP contribution in [0.5, 0.6) is 0 Å². The van der Waals surface area contributed by atoms with Crippen LogP contribution in [0.25, 0.3) is 0 Å². The Hall–Kier alpha value is -0.870. The number of rotatable bonds is 7. The Morgan fingerprint density at radius 2 is 2.12 bits per heavy atom. The normalized spacial score (nSPS) is 11.3. The van der Waals surface area contributed by atoms with E-state index in [1.165, 1.54) is 5.56 Å². The van der Waals surface area contributed by atoms with Crippen molar-refractivity contribution in [2.24, 2.45) is 7.05 Å². The van der Waals surface area contributed by atoms with Crippen molar-refractivity contribution >= 4 is 0 Å². The molecular formula is C12H24N4. The van der Waals surface area contributed by atoms with E-state index in [9.17, 15) is 0 Å². The van der Waals surface area contributed by atoms with Crippen LogP contribution in [-0.4, -0.2) is 28.9 Å². The molecule has 1 aromatic heterocycles. The standard InChI is InChI=1S/C12H24N4/c1-10(2)14-7-5-6-13-8-12-9-16(4)15-11(12)3/h9-10,13-14H,5-8H2,1-4H3. The molecule has 1 aromatic rings. The highest BCUT2D eigenvalue weighted by atomic mass is 15.2. The predicted octanol–water partition coefficient (Wildman–Crippen LogP) is 1.21. The summed E-state index contributed by atoms with van der Waals surface area (Å²) in [5.74, 6) is 0. The lowest BCUT2D eigenvalue weighted by atomic mass is 10.2. The third-order valence-electron chi connectivity index (χ3n) is 2.51. The summed E-state index contributed by atoms with van der Waals surface area (Å²) in [6.45, 7) is 9.45. The Bertz CT molecular complexity index is 304. The molecular weight excluding hydrogens is 200 g/mol. The van der Waals surface area contributed by atoms with Crippen LogP contribution in [0.1, 0.15) is 31.5 Å². The first-order chi connectivity index (χ1) is 7.59. The van der Waals surface area contributed by atoms with Crippen molar-refractivity contribution < 1.29 is 0 Å². The summed E-state index contributed by atoms with van der Waals surface area (Å²) in [4.78, 5) is 0. The number of aromatic nitrogens is 2. The Morgan fingerprint density at radius 3 is 2.69 bits per heavy atom. The van der Waals surface area contributed by atoms with Crippen molar-refractivity contribution in [3.63, 3.8) is 0 Å². The molecule has 0 unspecified atom stereocenters. The van der Waals surface area contributed by atoms with Crippen LogP contribution in [0.2, 0.25) is 0 Å². The van der Waals surface area contributed by atoms with E-state index in [4.69, 9.17) is 0 Å². The minimum absolute atomic E-state index is 0.584. The van der Waals surface area contributed by atoms with Crippen LogP contribution in [0.3, 0.4) is 0 Å². The zero-order chi connectivity index (χ0) is 12.0. The first-order valence-electron chi connectivity index (χ1n) is 6.03. The van der Waals surface area contributed by atoms with Crippen LogP contribution >= 0.6 is 0 Å². The van der Waals surface area contributed by atoms with Crippen LogP contribution in [-0.2, 0) is 13.6 Å². The van der Waals surface area contributed by atoms with Crippen molar-refractivity contribution in [1.82, 2.24) is 20.4 Å². The Morgan fingerprint density at radius 1 is 1.38 bits per heavy atom. The molecule has 0 saturated carbocycles. The molecule has 0 atom stereocenters. The molecule has 0 amide bonds. The van der Waals surface area contributed by atoms with Crippen LogP contribution in [0.15, 0.2) is 6.20 Å². The van der Waals surface area contributed by atoms with Crippen molar-refractivity contribution in [1.29, 1.82) is 0 Å². The molecule has 0 aliphatic carbocycles. The Kier molecular flexibility index (Phi) is 5.49. The highest BCUT2D eigenvalue weighted by molar-refractivity contribution is 5.14.